The molecule has 2 aromatic rings. The maximum Gasteiger partial charge on any atom is 0.331 e. The van der Waals surface area contributed by atoms with E-state index in [1.165, 1.54) is 30.3 Å². The van der Waals surface area contributed by atoms with E-state index in [1.54, 1.807) is 12.1 Å². The number of hydrogen-bond donors (Lipinski definition) is 2. The van der Waals surface area contributed by atoms with Crippen molar-refractivity contribution in [2.45, 2.75) is 13.8 Å². The van der Waals surface area contributed by atoms with Crippen LogP contribution in [0.1, 0.15) is 29.8 Å². The highest BCUT2D eigenvalue weighted by molar-refractivity contribution is 5.96. The van der Waals surface area contributed by atoms with Crippen molar-refractivity contribution in [3.8, 4) is 0 Å². The van der Waals surface area contributed by atoms with Crippen LogP contribution < -0.4 is 15.8 Å². The Morgan fingerprint density at radius 1 is 0.967 bits per heavy atom. The molecule has 0 atom stereocenters. The van der Waals surface area contributed by atoms with Crippen molar-refractivity contribution in [3.05, 3.63) is 71.6 Å². The highest BCUT2D eigenvalue weighted by atomic mass is 19.1. The maximum atomic E-state index is 12.8. The minimum absolute atomic E-state index is 0.380. The molecule has 2 N–H and O–H groups in total. The van der Waals surface area contributed by atoms with Gasteiger partial charge in [-0.3, -0.25) is 20.4 Å². The zero-order chi connectivity index (χ0) is 21.9. The first-order valence-electron chi connectivity index (χ1n) is 9.47. The van der Waals surface area contributed by atoms with Crippen molar-refractivity contribution in [1.82, 2.24) is 10.9 Å². The van der Waals surface area contributed by atoms with Crippen LogP contribution in [-0.2, 0) is 14.3 Å². The first-order valence-corrected chi connectivity index (χ1v) is 9.47. The molecule has 0 saturated carbocycles. The Balaban J connectivity index is 1.75. The second kappa shape index (κ2) is 11.4. The predicted molar refractivity (Wildman–Crippen MR) is 112 cm³/mol. The second-order valence-electron chi connectivity index (χ2n) is 6.21. The van der Waals surface area contributed by atoms with Crippen LogP contribution >= 0.6 is 0 Å². The molecule has 0 saturated heterocycles. The smallest absolute Gasteiger partial charge is 0.331 e. The Morgan fingerprint density at radius 2 is 1.60 bits per heavy atom. The van der Waals surface area contributed by atoms with Crippen molar-refractivity contribution >= 4 is 29.5 Å². The van der Waals surface area contributed by atoms with E-state index in [2.05, 4.69) is 15.8 Å². The summed E-state index contributed by atoms with van der Waals surface area (Å²) >= 11 is 0. The molecule has 0 aliphatic heterocycles. The van der Waals surface area contributed by atoms with E-state index in [1.807, 2.05) is 26.0 Å². The Hall–Kier alpha value is -3.68. The van der Waals surface area contributed by atoms with Crippen LogP contribution in [0.25, 0.3) is 6.08 Å². The molecule has 2 rings (SSSR count). The molecule has 158 valence electrons. The van der Waals surface area contributed by atoms with Crippen molar-refractivity contribution in [2.24, 2.45) is 0 Å². The Labute approximate surface area is 174 Å². The zero-order valence-electron chi connectivity index (χ0n) is 16.9. The molecule has 2 aromatic carbocycles. The molecule has 0 aliphatic carbocycles. The van der Waals surface area contributed by atoms with Gasteiger partial charge < -0.3 is 9.64 Å². The summed E-state index contributed by atoms with van der Waals surface area (Å²) in [6.07, 6.45) is 2.56. The molecule has 0 heterocycles. The molecule has 8 heteroatoms. The monoisotopic (exact) mass is 413 g/mol. The Bertz CT molecular complexity index is 892. The minimum Gasteiger partial charge on any atom is -0.452 e. The number of nitrogens with one attached hydrogen (secondary N) is 2. The van der Waals surface area contributed by atoms with E-state index in [9.17, 15) is 18.8 Å². The van der Waals surface area contributed by atoms with E-state index < -0.39 is 24.4 Å². The third-order valence-electron chi connectivity index (χ3n) is 4.20. The van der Waals surface area contributed by atoms with Crippen molar-refractivity contribution < 1.29 is 23.5 Å². The second-order valence-corrected chi connectivity index (χ2v) is 6.21. The number of ether oxygens (including phenoxy) is 1. The first kappa shape index (κ1) is 22.6. The number of carbonyl (C=O) groups excluding carboxylic acids is 3. The van der Waals surface area contributed by atoms with E-state index in [0.717, 1.165) is 24.9 Å². The van der Waals surface area contributed by atoms with E-state index in [0.29, 0.717) is 11.1 Å². The van der Waals surface area contributed by atoms with Crippen LogP contribution in [0.15, 0.2) is 54.6 Å². The van der Waals surface area contributed by atoms with Crippen LogP contribution in [0.3, 0.4) is 0 Å². The largest absolute Gasteiger partial charge is 0.452 e. The van der Waals surface area contributed by atoms with Crippen LogP contribution in [-0.4, -0.2) is 37.5 Å². The molecule has 0 unspecified atom stereocenters. The predicted octanol–water partition coefficient (Wildman–Crippen LogP) is 2.69. The lowest BCUT2D eigenvalue weighted by atomic mass is 10.2. The number of hydrazine groups is 1. The van der Waals surface area contributed by atoms with Gasteiger partial charge >= 0.3 is 5.97 Å². The summed E-state index contributed by atoms with van der Waals surface area (Å²) in [5.41, 5.74) is 6.44. The average molecular weight is 413 g/mol. The quantitative estimate of drug-likeness (QED) is 0.395. The number of benzene rings is 2. The van der Waals surface area contributed by atoms with Gasteiger partial charge in [0.05, 0.1) is 0 Å². The number of rotatable bonds is 8. The summed E-state index contributed by atoms with van der Waals surface area (Å²) in [6.45, 7) is 5.25. The molecule has 2 amide bonds. The molecule has 0 radical (unpaired) electrons. The van der Waals surface area contributed by atoms with Crippen molar-refractivity contribution in [2.75, 3.05) is 24.6 Å². The van der Waals surface area contributed by atoms with Crippen LogP contribution in [0.5, 0.6) is 0 Å². The van der Waals surface area contributed by atoms with Crippen LogP contribution in [0, 0.1) is 5.82 Å². The van der Waals surface area contributed by atoms with Crippen LogP contribution in [0.2, 0.25) is 0 Å². The summed E-state index contributed by atoms with van der Waals surface area (Å²) in [6, 6.07) is 12.5. The van der Waals surface area contributed by atoms with Gasteiger partial charge in [0.1, 0.15) is 5.82 Å². The average Bonchev–Trinajstić information content (AvgIpc) is 2.77. The molecule has 0 bridgehead atoms. The summed E-state index contributed by atoms with van der Waals surface area (Å²) in [7, 11) is 0. The number of esters is 1. The molecule has 0 aliphatic rings. The van der Waals surface area contributed by atoms with Crippen LogP contribution in [0.4, 0.5) is 10.1 Å². The molecule has 30 heavy (non-hydrogen) atoms. The lowest BCUT2D eigenvalue weighted by Gasteiger charge is -2.21. The molecule has 7 nitrogen and oxygen atoms in total. The lowest BCUT2D eigenvalue weighted by Crippen LogP contribution is -2.43. The van der Waals surface area contributed by atoms with Gasteiger partial charge in [0.2, 0.25) is 0 Å². The van der Waals surface area contributed by atoms with Gasteiger partial charge in [-0.15, -0.1) is 0 Å². The summed E-state index contributed by atoms with van der Waals surface area (Å²) in [5, 5.41) is 0. The number of carbonyl (C=O) groups is 3. The van der Waals surface area contributed by atoms with Crippen molar-refractivity contribution in [3.63, 3.8) is 0 Å². The number of hydrogen-bond acceptors (Lipinski definition) is 5. The number of anilines is 1. The van der Waals surface area contributed by atoms with E-state index in [4.69, 9.17) is 4.74 Å². The maximum absolute atomic E-state index is 12.8. The normalized spacial score (nSPS) is 10.5. The van der Waals surface area contributed by atoms with E-state index >= 15 is 0 Å². The van der Waals surface area contributed by atoms with E-state index in [-0.39, 0.29) is 5.82 Å². The Kier molecular flexibility index (Phi) is 8.56. The molecule has 0 spiro atoms. The Morgan fingerprint density at radius 3 is 2.20 bits per heavy atom. The fourth-order valence-corrected chi connectivity index (χ4v) is 2.57. The summed E-state index contributed by atoms with van der Waals surface area (Å²) in [5.74, 6) is -2.30. The molecule has 0 fully saturated rings. The minimum atomic E-state index is -0.743. The van der Waals surface area contributed by atoms with Gasteiger partial charge in [-0.2, -0.15) is 0 Å². The standard InChI is InChI=1S/C22H24FN3O4/c1-3-26(4-2)19-12-8-17(9-13-19)22(29)25-24-20(27)15-30-21(28)14-7-16-5-10-18(23)11-6-16/h5-14H,3-4,15H2,1-2H3,(H,24,27)(H,25,29)/b14-7+. The van der Waals surface area contributed by atoms with Gasteiger partial charge in [0.25, 0.3) is 11.8 Å². The fraction of sp³-hybridized carbons (Fsp3) is 0.227. The third kappa shape index (κ3) is 7.05. The highest BCUT2D eigenvalue weighted by Crippen LogP contribution is 2.14. The first-order chi connectivity index (χ1) is 14.4. The number of nitrogens with zero attached hydrogens (tertiary/aromatic N) is 1. The number of amides is 2. The molecule has 0 aromatic heterocycles. The summed E-state index contributed by atoms with van der Waals surface area (Å²) < 4.78 is 17.6. The van der Waals surface area contributed by atoms with Gasteiger partial charge in [-0.05, 0) is 61.9 Å². The topological polar surface area (TPSA) is 87.7 Å². The zero-order valence-corrected chi connectivity index (χ0v) is 16.9. The fourth-order valence-electron chi connectivity index (χ4n) is 2.57. The highest BCUT2D eigenvalue weighted by Gasteiger charge is 2.10. The molecular weight excluding hydrogens is 389 g/mol. The van der Waals surface area contributed by atoms with Gasteiger partial charge in [-0.25, -0.2) is 9.18 Å². The summed E-state index contributed by atoms with van der Waals surface area (Å²) in [4.78, 5) is 37.6. The third-order valence-corrected chi connectivity index (χ3v) is 4.20. The van der Waals surface area contributed by atoms with Gasteiger partial charge in [0.15, 0.2) is 6.61 Å². The SMILES string of the molecule is CCN(CC)c1ccc(C(=O)NNC(=O)COC(=O)/C=C/c2ccc(F)cc2)cc1. The molecular formula is C22H24FN3O4. The number of halogens is 1. The van der Waals surface area contributed by atoms with Crippen molar-refractivity contribution in [1.29, 1.82) is 0 Å². The lowest BCUT2D eigenvalue weighted by molar-refractivity contribution is -0.144. The van der Waals surface area contributed by atoms with Gasteiger partial charge in [0, 0.05) is 30.4 Å². The van der Waals surface area contributed by atoms with Gasteiger partial charge in [-0.1, -0.05) is 12.1 Å².